The van der Waals surface area contributed by atoms with E-state index < -0.39 is 12.1 Å². The van der Waals surface area contributed by atoms with Gasteiger partial charge in [0.1, 0.15) is 0 Å². The summed E-state index contributed by atoms with van der Waals surface area (Å²) in [7, 11) is 0. The third kappa shape index (κ3) is 4.04. The number of ether oxygens (including phenoxy) is 2. The molecule has 0 aromatic heterocycles. The first kappa shape index (κ1) is 14.5. The van der Waals surface area contributed by atoms with Crippen molar-refractivity contribution in [2.75, 3.05) is 26.4 Å². The first-order chi connectivity index (χ1) is 9.66. The Labute approximate surface area is 116 Å². The number of hydrogen-bond donors (Lipinski definition) is 2. The van der Waals surface area contributed by atoms with Crippen LogP contribution in [0.15, 0.2) is 24.3 Å². The van der Waals surface area contributed by atoms with Gasteiger partial charge >= 0.3 is 5.97 Å². The summed E-state index contributed by atoms with van der Waals surface area (Å²) in [6.07, 6.45) is 0.0228. The maximum atomic E-state index is 11.8. The molecule has 0 unspecified atom stereocenters. The average molecular weight is 279 g/mol. The summed E-state index contributed by atoms with van der Waals surface area (Å²) in [6, 6.07) is 6.67. The van der Waals surface area contributed by atoms with Crippen LogP contribution in [0.3, 0.4) is 0 Å². The summed E-state index contributed by atoms with van der Waals surface area (Å²) in [4.78, 5) is 22.6. The highest BCUT2D eigenvalue weighted by atomic mass is 16.6. The molecule has 108 valence electrons. The molecule has 1 amide bonds. The standard InChI is InChI=1S/C14H17NO5/c16-13(12-9-19-6-7-20-12)15-5-4-10-2-1-3-11(8-10)14(17)18/h1-3,8,12H,4-7,9H2,(H,15,16)(H,17,18)/t12-/m1/s1. The number of carboxylic acid groups (broad SMARTS) is 1. The number of carboxylic acids is 1. The molecule has 1 aromatic rings. The van der Waals surface area contributed by atoms with Crippen molar-refractivity contribution >= 4 is 11.9 Å². The lowest BCUT2D eigenvalue weighted by Crippen LogP contribution is -2.43. The number of benzene rings is 1. The van der Waals surface area contributed by atoms with Crippen LogP contribution in [0.5, 0.6) is 0 Å². The Morgan fingerprint density at radius 1 is 1.35 bits per heavy atom. The lowest BCUT2D eigenvalue weighted by atomic mass is 10.1. The molecular formula is C14H17NO5. The minimum absolute atomic E-state index is 0.195. The van der Waals surface area contributed by atoms with Gasteiger partial charge in [-0.25, -0.2) is 4.79 Å². The van der Waals surface area contributed by atoms with Crippen molar-refractivity contribution in [1.29, 1.82) is 0 Å². The molecule has 0 spiro atoms. The molecule has 1 atom stereocenters. The van der Waals surface area contributed by atoms with Crippen molar-refractivity contribution in [3.8, 4) is 0 Å². The van der Waals surface area contributed by atoms with Crippen molar-refractivity contribution in [3.63, 3.8) is 0 Å². The van der Waals surface area contributed by atoms with Crippen LogP contribution in [-0.4, -0.2) is 49.5 Å². The molecule has 1 saturated heterocycles. The fourth-order valence-corrected chi connectivity index (χ4v) is 1.94. The minimum Gasteiger partial charge on any atom is -0.478 e. The van der Waals surface area contributed by atoms with Crippen molar-refractivity contribution in [1.82, 2.24) is 5.32 Å². The van der Waals surface area contributed by atoms with Gasteiger partial charge in [-0.05, 0) is 24.1 Å². The summed E-state index contributed by atoms with van der Waals surface area (Å²) in [5, 5.41) is 11.7. The fraction of sp³-hybridized carbons (Fsp3) is 0.429. The maximum absolute atomic E-state index is 11.8. The molecule has 0 bridgehead atoms. The van der Waals surface area contributed by atoms with E-state index in [1.165, 1.54) is 6.07 Å². The van der Waals surface area contributed by atoms with Gasteiger partial charge < -0.3 is 19.9 Å². The predicted molar refractivity (Wildman–Crippen MR) is 70.7 cm³/mol. The van der Waals surface area contributed by atoms with Crippen LogP contribution in [0.2, 0.25) is 0 Å². The topological polar surface area (TPSA) is 84.9 Å². The van der Waals surface area contributed by atoms with Gasteiger partial charge in [0.2, 0.25) is 0 Å². The molecule has 1 fully saturated rings. The van der Waals surface area contributed by atoms with Crippen LogP contribution >= 0.6 is 0 Å². The Kier molecular flexibility index (Phi) is 5.09. The monoisotopic (exact) mass is 279 g/mol. The predicted octanol–water partition coefficient (Wildman–Crippen LogP) is 0.459. The van der Waals surface area contributed by atoms with Gasteiger partial charge in [0.15, 0.2) is 6.10 Å². The molecule has 0 saturated carbocycles. The Morgan fingerprint density at radius 3 is 2.90 bits per heavy atom. The van der Waals surface area contributed by atoms with E-state index in [9.17, 15) is 9.59 Å². The number of nitrogens with one attached hydrogen (secondary N) is 1. The number of carbonyl (C=O) groups excluding carboxylic acids is 1. The van der Waals surface area contributed by atoms with Gasteiger partial charge in [-0.1, -0.05) is 12.1 Å². The zero-order chi connectivity index (χ0) is 14.4. The van der Waals surface area contributed by atoms with Gasteiger partial charge in [-0.3, -0.25) is 4.79 Å². The van der Waals surface area contributed by atoms with Crippen molar-refractivity contribution < 1.29 is 24.2 Å². The Balaban J connectivity index is 1.79. The van der Waals surface area contributed by atoms with Crippen LogP contribution in [0, 0.1) is 0 Å². The van der Waals surface area contributed by atoms with Crippen molar-refractivity contribution in [2.24, 2.45) is 0 Å². The molecule has 0 aliphatic carbocycles. The summed E-state index contributed by atoms with van der Waals surface area (Å²) in [5.74, 6) is -1.15. The highest BCUT2D eigenvalue weighted by Gasteiger charge is 2.21. The SMILES string of the molecule is O=C(O)c1cccc(CCNC(=O)[C@H]2COCCO2)c1. The number of rotatable bonds is 5. The molecule has 6 heteroatoms. The van der Waals surface area contributed by atoms with E-state index in [4.69, 9.17) is 14.6 Å². The number of amides is 1. The smallest absolute Gasteiger partial charge is 0.335 e. The molecule has 1 aliphatic heterocycles. The Morgan fingerprint density at radius 2 is 2.20 bits per heavy atom. The summed E-state index contributed by atoms with van der Waals surface area (Å²) in [6.45, 7) is 1.66. The second-order valence-electron chi connectivity index (χ2n) is 4.48. The Hall–Kier alpha value is -1.92. The van der Waals surface area contributed by atoms with Crippen molar-refractivity contribution in [3.05, 3.63) is 35.4 Å². The van der Waals surface area contributed by atoms with Gasteiger partial charge in [0.05, 0.1) is 25.4 Å². The first-order valence-electron chi connectivity index (χ1n) is 6.46. The molecule has 1 aliphatic rings. The third-order valence-electron chi connectivity index (χ3n) is 3.00. The number of hydrogen-bond acceptors (Lipinski definition) is 4. The second kappa shape index (κ2) is 7.02. The molecule has 1 aromatic carbocycles. The van der Waals surface area contributed by atoms with E-state index in [0.717, 1.165) is 5.56 Å². The summed E-state index contributed by atoms with van der Waals surface area (Å²) < 4.78 is 10.4. The zero-order valence-corrected chi connectivity index (χ0v) is 11.0. The minimum atomic E-state index is -0.955. The molecule has 0 radical (unpaired) electrons. The third-order valence-corrected chi connectivity index (χ3v) is 3.00. The van der Waals surface area contributed by atoms with Crippen LogP contribution < -0.4 is 5.32 Å². The summed E-state index contributed by atoms with van der Waals surface area (Å²) >= 11 is 0. The lowest BCUT2D eigenvalue weighted by Gasteiger charge is -2.22. The normalized spacial score (nSPS) is 18.5. The van der Waals surface area contributed by atoms with Gasteiger partial charge in [-0.2, -0.15) is 0 Å². The molecule has 1 heterocycles. The Bertz CT molecular complexity index is 482. The van der Waals surface area contributed by atoms with E-state index >= 15 is 0 Å². The summed E-state index contributed by atoms with van der Waals surface area (Å²) in [5.41, 5.74) is 1.11. The van der Waals surface area contributed by atoms with Gasteiger partial charge in [-0.15, -0.1) is 0 Å². The molecule has 20 heavy (non-hydrogen) atoms. The van der Waals surface area contributed by atoms with Crippen LogP contribution in [-0.2, 0) is 20.7 Å². The lowest BCUT2D eigenvalue weighted by molar-refractivity contribution is -0.147. The molecule has 6 nitrogen and oxygen atoms in total. The van der Waals surface area contributed by atoms with E-state index in [1.807, 2.05) is 6.07 Å². The van der Waals surface area contributed by atoms with Crippen LogP contribution in [0.4, 0.5) is 0 Å². The average Bonchev–Trinajstić information content (AvgIpc) is 2.48. The van der Waals surface area contributed by atoms with E-state index in [0.29, 0.717) is 26.2 Å². The van der Waals surface area contributed by atoms with E-state index in [1.54, 1.807) is 12.1 Å². The molecule has 2 rings (SSSR count). The van der Waals surface area contributed by atoms with E-state index in [-0.39, 0.29) is 18.1 Å². The van der Waals surface area contributed by atoms with Gasteiger partial charge in [0.25, 0.3) is 5.91 Å². The maximum Gasteiger partial charge on any atom is 0.335 e. The van der Waals surface area contributed by atoms with Crippen LogP contribution in [0.25, 0.3) is 0 Å². The highest BCUT2D eigenvalue weighted by Crippen LogP contribution is 2.06. The largest absolute Gasteiger partial charge is 0.478 e. The number of carbonyl (C=O) groups is 2. The number of aromatic carboxylic acids is 1. The quantitative estimate of drug-likeness (QED) is 0.818. The van der Waals surface area contributed by atoms with Crippen LogP contribution in [0.1, 0.15) is 15.9 Å². The molecule has 2 N–H and O–H groups in total. The van der Waals surface area contributed by atoms with E-state index in [2.05, 4.69) is 5.32 Å². The zero-order valence-electron chi connectivity index (χ0n) is 11.0. The highest BCUT2D eigenvalue weighted by molar-refractivity contribution is 5.87. The first-order valence-corrected chi connectivity index (χ1v) is 6.46. The van der Waals surface area contributed by atoms with Gasteiger partial charge in [0, 0.05) is 6.54 Å². The fourth-order valence-electron chi connectivity index (χ4n) is 1.94. The second-order valence-corrected chi connectivity index (χ2v) is 4.48. The molecular weight excluding hydrogens is 262 g/mol. The van der Waals surface area contributed by atoms with Crippen molar-refractivity contribution in [2.45, 2.75) is 12.5 Å².